The van der Waals surface area contributed by atoms with Gasteiger partial charge in [-0.2, -0.15) is 0 Å². The van der Waals surface area contributed by atoms with Crippen LogP contribution >= 0.6 is 0 Å². The molecule has 2 N–H and O–H groups in total. The number of benzene rings is 1. The molecular formula is C20H36N4O2. The molecule has 0 aliphatic carbocycles. The molecule has 148 valence electrons. The topological polar surface area (TPSA) is 58.1 Å². The van der Waals surface area contributed by atoms with Gasteiger partial charge in [-0.05, 0) is 38.1 Å². The number of hydrogen-bond donors (Lipinski definition) is 2. The predicted octanol–water partition coefficient (Wildman–Crippen LogP) is 2.25. The maximum Gasteiger partial charge on any atom is 0.191 e. The number of methoxy groups -OCH3 is 1. The monoisotopic (exact) mass is 364 g/mol. The summed E-state index contributed by atoms with van der Waals surface area (Å²) in [4.78, 5) is 6.99. The lowest BCUT2D eigenvalue weighted by atomic mass is 10.1. The van der Waals surface area contributed by atoms with Crippen LogP contribution in [0.5, 0.6) is 0 Å². The molecule has 0 radical (unpaired) electrons. The van der Waals surface area contributed by atoms with Gasteiger partial charge in [0.05, 0.1) is 19.8 Å². The highest BCUT2D eigenvalue weighted by atomic mass is 16.5. The summed E-state index contributed by atoms with van der Waals surface area (Å²) in [6, 6.07) is 8.66. The SMILES string of the molecule is CCNC(=NCc1cccc(CN(C)CC)c1)NCCCOCCOC. The second-order valence-corrected chi connectivity index (χ2v) is 6.23. The van der Waals surface area contributed by atoms with Crippen molar-refractivity contribution in [1.29, 1.82) is 0 Å². The Kier molecular flexibility index (Phi) is 12.5. The Labute approximate surface area is 159 Å². The first-order valence-electron chi connectivity index (χ1n) is 9.54. The lowest BCUT2D eigenvalue weighted by Gasteiger charge is -2.14. The molecule has 0 spiro atoms. The quantitative estimate of drug-likeness (QED) is 0.319. The molecule has 0 unspecified atom stereocenters. The molecule has 1 aromatic carbocycles. The highest BCUT2D eigenvalue weighted by molar-refractivity contribution is 5.79. The van der Waals surface area contributed by atoms with Crippen molar-refractivity contribution in [3.05, 3.63) is 35.4 Å². The molecule has 6 heteroatoms. The molecule has 0 atom stereocenters. The molecule has 1 rings (SSSR count). The number of guanidine groups is 1. The van der Waals surface area contributed by atoms with Gasteiger partial charge in [0.25, 0.3) is 0 Å². The lowest BCUT2D eigenvalue weighted by Crippen LogP contribution is -2.38. The van der Waals surface area contributed by atoms with Crippen molar-refractivity contribution in [2.24, 2.45) is 4.99 Å². The fraction of sp³-hybridized carbons (Fsp3) is 0.650. The highest BCUT2D eigenvalue weighted by Gasteiger charge is 2.01. The minimum Gasteiger partial charge on any atom is -0.382 e. The maximum atomic E-state index is 5.47. The minimum absolute atomic E-state index is 0.643. The van der Waals surface area contributed by atoms with Crippen molar-refractivity contribution >= 4 is 5.96 Å². The second kappa shape index (κ2) is 14.5. The summed E-state index contributed by atoms with van der Waals surface area (Å²) in [5.74, 6) is 0.848. The van der Waals surface area contributed by atoms with E-state index in [4.69, 9.17) is 14.5 Å². The van der Waals surface area contributed by atoms with Gasteiger partial charge in [-0.15, -0.1) is 0 Å². The van der Waals surface area contributed by atoms with Gasteiger partial charge in [0.2, 0.25) is 0 Å². The van der Waals surface area contributed by atoms with E-state index in [1.54, 1.807) is 7.11 Å². The fourth-order valence-corrected chi connectivity index (χ4v) is 2.39. The van der Waals surface area contributed by atoms with Gasteiger partial charge < -0.3 is 25.0 Å². The Bertz CT molecular complexity index is 508. The molecule has 0 aliphatic rings. The maximum absolute atomic E-state index is 5.47. The van der Waals surface area contributed by atoms with Crippen LogP contribution in [0.3, 0.4) is 0 Å². The van der Waals surface area contributed by atoms with Crippen LogP contribution in [0, 0.1) is 0 Å². The Morgan fingerprint density at radius 3 is 2.65 bits per heavy atom. The zero-order valence-electron chi connectivity index (χ0n) is 16.9. The average molecular weight is 365 g/mol. The minimum atomic E-state index is 0.643. The average Bonchev–Trinajstić information content (AvgIpc) is 2.65. The molecule has 0 saturated carbocycles. The van der Waals surface area contributed by atoms with Crippen molar-refractivity contribution in [3.8, 4) is 0 Å². The summed E-state index contributed by atoms with van der Waals surface area (Å²) in [6.07, 6.45) is 0.937. The van der Waals surface area contributed by atoms with E-state index in [-0.39, 0.29) is 0 Å². The van der Waals surface area contributed by atoms with Crippen molar-refractivity contribution in [1.82, 2.24) is 15.5 Å². The molecule has 0 fully saturated rings. The first-order valence-corrected chi connectivity index (χ1v) is 9.54. The summed E-state index contributed by atoms with van der Waals surface area (Å²) < 4.78 is 10.4. The Hall–Kier alpha value is -1.63. The third-order valence-electron chi connectivity index (χ3n) is 3.94. The zero-order valence-corrected chi connectivity index (χ0v) is 16.9. The molecule has 26 heavy (non-hydrogen) atoms. The first kappa shape index (κ1) is 22.4. The van der Waals surface area contributed by atoms with Crippen LogP contribution in [-0.2, 0) is 22.6 Å². The van der Waals surface area contributed by atoms with E-state index in [1.807, 2.05) is 0 Å². The predicted molar refractivity (Wildman–Crippen MR) is 109 cm³/mol. The number of nitrogens with zero attached hydrogens (tertiary/aromatic N) is 2. The Morgan fingerprint density at radius 2 is 1.92 bits per heavy atom. The van der Waals surface area contributed by atoms with E-state index in [1.165, 1.54) is 11.1 Å². The molecule has 0 heterocycles. The van der Waals surface area contributed by atoms with Gasteiger partial charge in [0.15, 0.2) is 5.96 Å². The molecular weight excluding hydrogens is 328 g/mol. The van der Waals surface area contributed by atoms with Gasteiger partial charge in [-0.25, -0.2) is 4.99 Å². The number of aliphatic imine (C=N–C) groups is 1. The highest BCUT2D eigenvalue weighted by Crippen LogP contribution is 2.08. The lowest BCUT2D eigenvalue weighted by molar-refractivity contribution is 0.0698. The van der Waals surface area contributed by atoms with Crippen LogP contribution in [0.4, 0.5) is 0 Å². The van der Waals surface area contributed by atoms with Crippen LogP contribution in [-0.4, -0.2) is 64.5 Å². The van der Waals surface area contributed by atoms with Crippen molar-refractivity contribution in [2.45, 2.75) is 33.4 Å². The van der Waals surface area contributed by atoms with Crippen molar-refractivity contribution in [3.63, 3.8) is 0 Å². The standard InChI is InChI=1S/C20H36N4O2/c1-5-21-20(22-11-8-12-26-14-13-25-4)23-16-18-9-7-10-19(15-18)17-24(3)6-2/h7,9-10,15H,5-6,8,11-14,16-17H2,1-4H3,(H2,21,22,23). The summed E-state index contributed by atoms with van der Waals surface area (Å²) in [7, 11) is 3.82. The molecule has 6 nitrogen and oxygen atoms in total. The van der Waals surface area contributed by atoms with Gasteiger partial charge in [-0.1, -0.05) is 31.2 Å². The van der Waals surface area contributed by atoms with Crippen LogP contribution in [0.25, 0.3) is 0 Å². The number of ether oxygens (including phenoxy) is 2. The summed E-state index contributed by atoms with van der Waals surface area (Å²) in [6.45, 7) is 10.6. The molecule has 1 aromatic rings. The number of hydrogen-bond acceptors (Lipinski definition) is 4. The second-order valence-electron chi connectivity index (χ2n) is 6.23. The molecule has 0 amide bonds. The van der Waals surface area contributed by atoms with Crippen LogP contribution in [0.15, 0.2) is 29.3 Å². The molecule has 0 aromatic heterocycles. The van der Waals surface area contributed by atoms with Crippen molar-refractivity contribution in [2.75, 3.05) is 53.6 Å². The third-order valence-corrected chi connectivity index (χ3v) is 3.94. The molecule has 0 bridgehead atoms. The third kappa shape index (κ3) is 10.4. The van der Waals surface area contributed by atoms with E-state index in [2.05, 4.69) is 60.7 Å². The first-order chi connectivity index (χ1) is 12.7. The summed E-state index contributed by atoms with van der Waals surface area (Å²) in [5, 5.41) is 6.65. The largest absolute Gasteiger partial charge is 0.382 e. The zero-order chi connectivity index (χ0) is 19.0. The van der Waals surface area contributed by atoms with E-state index < -0.39 is 0 Å². The Balaban J connectivity index is 2.44. The van der Waals surface area contributed by atoms with Gasteiger partial charge >= 0.3 is 0 Å². The van der Waals surface area contributed by atoms with Crippen LogP contribution < -0.4 is 10.6 Å². The van der Waals surface area contributed by atoms with E-state index in [9.17, 15) is 0 Å². The molecule has 0 aliphatic heterocycles. The van der Waals surface area contributed by atoms with Gasteiger partial charge in [0.1, 0.15) is 0 Å². The summed E-state index contributed by atoms with van der Waals surface area (Å²) >= 11 is 0. The Morgan fingerprint density at radius 1 is 1.12 bits per heavy atom. The number of nitrogens with one attached hydrogen (secondary N) is 2. The van der Waals surface area contributed by atoms with E-state index in [0.717, 1.165) is 45.2 Å². The van der Waals surface area contributed by atoms with Gasteiger partial charge in [0, 0.05) is 33.4 Å². The normalized spacial score (nSPS) is 11.8. The molecule has 0 saturated heterocycles. The van der Waals surface area contributed by atoms with Crippen LogP contribution in [0.2, 0.25) is 0 Å². The number of rotatable bonds is 13. The van der Waals surface area contributed by atoms with Crippen LogP contribution in [0.1, 0.15) is 31.4 Å². The summed E-state index contributed by atoms with van der Waals surface area (Å²) in [5.41, 5.74) is 2.56. The van der Waals surface area contributed by atoms with Gasteiger partial charge in [-0.3, -0.25) is 0 Å². The smallest absolute Gasteiger partial charge is 0.191 e. The van der Waals surface area contributed by atoms with Crippen molar-refractivity contribution < 1.29 is 9.47 Å². The fourth-order valence-electron chi connectivity index (χ4n) is 2.39. The van der Waals surface area contributed by atoms with E-state index in [0.29, 0.717) is 19.8 Å². The van der Waals surface area contributed by atoms with E-state index >= 15 is 0 Å².